The van der Waals surface area contributed by atoms with E-state index in [2.05, 4.69) is 21.6 Å². The molecular formula is C25H21N5OS3. The number of para-hydroxylation sites is 2. The number of rotatable bonds is 9. The zero-order chi connectivity index (χ0) is 23.2. The van der Waals surface area contributed by atoms with Crippen LogP contribution in [0.25, 0.3) is 15.9 Å². The number of amides is 1. The van der Waals surface area contributed by atoms with E-state index < -0.39 is 0 Å². The largest absolute Gasteiger partial charge is 0.351 e. The van der Waals surface area contributed by atoms with Gasteiger partial charge in [0, 0.05) is 12.2 Å². The molecule has 0 bridgehead atoms. The fourth-order valence-electron chi connectivity index (χ4n) is 3.34. The average Bonchev–Trinajstić information content (AvgIpc) is 3.49. The van der Waals surface area contributed by atoms with Crippen LogP contribution in [0.3, 0.4) is 0 Å². The summed E-state index contributed by atoms with van der Waals surface area (Å²) in [6, 6.07) is 28.0. The molecule has 5 rings (SSSR count). The summed E-state index contributed by atoms with van der Waals surface area (Å²) in [5.74, 6) is 1.68. The van der Waals surface area contributed by atoms with Gasteiger partial charge in [0.05, 0.1) is 21.7 Å². The predicted molar refractivity (Wildman–Crippen MR) is 140 cm³/mol. The molecule has 1 amide bonds. The van der Waals surface area contributed by atoms with Crippen molar-refractivity contribution in [2.75, 3.05) is 5.75 Å². The summed E-state index contributed by atoms with van der Waals surface area (Å²) in [5, 5.41) is 12.5. The van der Waals surface area contributed by atoms with Gasteiger partial charge in [0.15, 0.2) is 9.50 Å². The van der Waals surface area contributed by atoms with Gasteiger partial charge in [-0.3, -0.25) is 9.36 Å². The van der Waals surface area contributed by atoms with Crippen molar-refractivity contribution in [2.45, 2.75) is 21.8 Å². The molecule has 0 aliphatic carbocycles. The Bertz CT molecular complexity index is 1350. The lowest BCUT2D eigenvalue weighted by atomic mass is 10.2. The van der Waals surface area contributed by atoms with Crippen LogP contribution in [0.1, 0.15) is 11.4 Å². The number of nitrogens with zero attached hydrogens (tertiary/aromatic N) is 4. The smallest absolute Gasteiger partial charge is 0.230 e. The highest BCUT2D eigenvalue weighted by Crippen LogP contribution is 2.32. The molecule has 1 N–H and O–H groups in total. The van der Waals surface area contributed by atoms with E-state index >= 15 is 0 Å². The average molecular weight is 504 g/mol. The number of fused-ring (bicyclic) bond motifs is 1. The van der Waals surface area contributed by atoms with E-state index in [1.165, 1.54) is 16.5 Å². The molecule has 2 aromatic heterocycles. The van der Waals surface area contributed by atoms with E-state index in [1.807, 2.05) is 83.4 Å². The standard InChI is InChI=1S/C25H21N5OS3/c31-23(26-15-18-9-3-1-4-10-18)17-32-24-29-28-22(30(24)19-11-5-2-6-12-19)16-33-25-27-20-13-7-8-14-21(20)34-25/h1-14H,15-17H2,(H,26,31). The van der Waals surface area contributed by atoms with Crippen LogP contribution in [0.5, 0.6) is 0 Å². The molecule has 170 valence electrons. The number of aromatic nitrogens is 4. The Morgan fingerprint density at radius 2 is 1.62 bits per heavy atom. The maximum atomic E-state index is 12.4. The molecule has 9 heteroatoms. The number of nitrogens with one attached hydrogen (secondary N) is 1. The minimum Gasteiger partial charge on any atom is -0.351 e. The van der Waals surface area contributed by atoms with E-state index in [0.717, 1.165) is 26.9 Å². The van der Waals surface area contributed by atoms with Gasteiger partial charge in [-0.25, -0.2) is 4.98 Å². The molecular weight excluding hydrogens is 483 g/mol. The van der Waals surface area contributed by atoms with Crippen molar-refractivity contribution in [1.29, 1.82) is 0 Å². The first-order valence-corrected chi connectivity index (χ1v) is 13.5. The zero-order valence-corrected chi connectivity index (χ0v) is 20.6. The summed E-state index contributed by atoms with van der Waals surface area (Å²) in [7, 11) is 0. The third-order valence-corrected chi connectivity index (χ3v) is 8.08. The van der Waals surface area contributed by atoms with Gasteiger partial charge in [-0.2, -0.15) is 0 Å². The van der Waals surface area contributed by atoms with Gasteiger partial charge in [-0.05, 0) is 29.8 Å². The van der Waals surface area contributed by atoms with Crippen molar-refractivity contribution in [3.63, 3.8) is 0 Å². The lowest BCUT2D eigenvalue weighted by molar-refractivity contribution is -0.118. The molecule has 0 aliphatic rings. The molecule has 0 atom stereocenters. The van der Waals surface area contributed by atoms with E-state index in [4.69, 9.17) is 4.98 Å². The van der Waals surface area contributed by atoms with Crippen molar-refractivity contribution in [1.82, 2.24) is 25.1 Å². The van der Waals surface area contributed by atoms with Gasteiger partial charge in [-0.1, -0.05) is 84.2 Å². The van der Waals surface area contributed by atoms with Crippen LogP contribution < -0.4 is 5.32 Å². The molecule has 0 saturated heterocycles. The number of carbonyl (C=O) groups is 1. The minimum atomic E-state index is -0.0399. The summed E-state index contributed by atoms with van der Waals surface area (Å²) >= 11 is 4.71. The van der Waals surface area contributed by atoms with Gasteiger partial charge in [-0.15, -0.1) is 21.5 Å². The maximum Gasteiger partial charge on any atom is 0.230 e. The third-order valence-electron chi connectivity index (χ3n) is 4.98. The van der Waals surface area contributed by atoms with Crippen LogP contribution >= 0.6 is 34.9 Å². The number of thiazole rings is 1. The molecule has 0 saturated carbocycles. The lowest BCUT2D eigenvalue weighted by Crippen LogP contribution is -2.24. The number of thioether (sulfide) groups is 2. The minimum absolute atomic E-state index is 0.0399. The molecule has 0 aliphatic heterocycles. The highest BCUT2D eigenvalue weighted by molar-refractivity contribution is 8.00. The Morgan fingerprint density at radius 3 is 2.41 bits per heavy atom. The second-order valence-corrected chi connectivity index (χ2v) is 10.6. The molecule has 3 aromatic carbocycles. The van der Waals surface area contributed by atoms with Gasteiger partial charge in [0.1, 0.15) is 5.82 Å². The number of hydrogen-bond donors (Lipinski definition) is 1. The topological polar surface area (TPSA) is 72.7 Å². The molecule has 0 unspecified atom stereocenters. The Hall–Kier alpha value is -3.14. The quantitative estimate of drug-likeness (QED) is 0.265. The Balaban J connectivity index is 1.28. The fraction of sp³-hybridized carbons (Fsp3) is 0.120. The molecule has 0 fully saturated rings. The fourth-order valence-corrected chi connectivity index (χ4v) is 6.12. The normalized spacial score (nSPS) is 11.1. The highest BCUT2D eigenvalue weighted by Gasteiger charge is 2.17. The summed E-state index contributed by atoms with van der Waals surface area (Å²) in [4.78, 5) is 17.1. The van der Waals surface area contributed by atoms with Gasteiger partial charge < -0.3 is 5.32 Å². The Morgan fingerprint density at radius 1 is 0.882 bits per heavy atom. The number of carbonyl (C=O) groups excluding carboxylic acids is 1. The first-order chi connectivity index (χ1) is 16.8. The second-order valence-electron chi connectivity index (χ2n) is 7.36. The maximum absolute atomic E-state index is 12.4. The SMILES string of the molecule is O=C(CSc1nnc(CSc2nc3ccccc3s2)n1-c1ccccc1)NCc1ccccc1. The highest BCUT2D eigenvalue weighted by atomic mass is 32.2. The molecule has 34 heavy (non-hydrogen) atoms. The van der Waals surface area contributed by atoms with Crippen LogP contribution in [-0.4, -0.2) is 31.4 Å². The molecule has 0 spiro atoms. The van der Waals surface area contributed by atoms with Crippen molar-refractivity contribution in [3.05, 3.63) is 96.3 Å². The van der Waals surface area contributed by atoms with Gasteiger partial charge >= 0.3 is 0 Å². The van der Waals surface area contributed by atoms with Gasteiger partial charge in [0.25, 0.3) is 0 Å². The van der Waals surface area contributed by atoms with Crippen LogP contribution in [0, 0.1) is 0 Å². The Kier molecular flexibility index (Phi) is 7.23. The van der Waals surface area contributed by atoms with Crippen molar-refractivity contribution >= 4 is 51.0 Å². The summed E-state index contributed by atoms with van der Waals surface area (Å²) in [6.45, 7) is 0.510. The molecule has 6 nitrogen and oxygen atoms in total. The summed E-state index contributed by atoms with van der Waals surface area (Å²) < 4.78 is 4.20. The van der Waals surface area contributed by atoms with Crippen molar-refractivity contribution in [2.24, 2.45) is 0 Å². The van der Waals surface area contributed by atoms with Crippen LogP contribution in [0.2, 0.25) is 0 Å². The van der Waals surface area contributed by atoms with Gasteiger partial charge in [0.2, 0.25) is 5.91 Å². The first-order valence-electron chi connectivity index (χ1n) is 10.7. The Labute approximate surface area is 209 Å². The molecule has 0 radical (unpaired) electrons. The van der Waals surface area contributed by atoms with Crippen LogP contribution in [-0.2, 0) is 17.1 Å². The zero-order valence-electron chi connectivity index (χ0n) is 18.1. The lowest BCUT2D eigenvalue weighted by Gasteiger charge is -2.10. The monoisotopic (exact) mass is 503 g/mol. The molecule has 5 aromatic rings. The van der Waals surface area contributed by atoms with E-state index in [-0.39, 0.29) is 11.7 Å². The number of hydrogen-bond acceptors (Lipinski definition) is 7. The van der Waals surface area contributed by atoms with E-state index in [9.17, 15) is 4.79 Å². The van der Waals surface area contributed by atoms with Crippen LogP contribution in [0.15, 0.2) is 94.4 Å². The van der Waals surface area contributed by atoms with E-state index in [0.29, 0.717) is 17.5 Å². The summed E-state index contributed by atoms with van der Waals surface area (Å²) in [5.41, 5.74) is 3.05. The third kappa shape index (κ3) is 5.49. The van der Waals surface area contributed by atoms with Crippen molar-refractivity contribution < 1.29 is 4.79 Å². The first kappa shape index (κ1) is 22.6. The molecule has 2 heterocycles. The summed E-state index contributed by atoms with van der Waals surface area (Å²) in [6.07, 6.45) is 0. The van der Waals surface area contributed by atoms with E-state index in [1.54, 1.807) is 23.1 Å². The second kappa shape index (κ2) is 10.9. The van der Waals surface area contributed by atoms with Crippen LogP contribution in [0.4, 0.5) is 0 Å². The number of benzene rings is 3. The van der Waals surface area contributed by atoms with Crippen molar-refractivity contribution in [3.8, 4) is 5.69 Å². The predicted octanol–water partition coefficient (Wildman–Crippen LogP) is 5.58.